The predicted molar refractivity (Wildman–Crippen MR) is 94.0 cm³/mol. The van der Waals surface area contributed by atoms with E-state index in [1.807, 2.05) is 0 Å². The third-order valence-electron chi connectivity index (χ3n) is 3.22. The van der Waals surface area contributed by atoms with Gasteiger partial charge in [-0.2, -0.15) is 23.2 Å². The van der Waals surface area contributed by atoms with Crippen molar-refractivity contribution >= 4 is 38.7 Å². The molecule has 1 aromatic carbocycles. The molecule has 8 nitrogen and oxygen atoms in total. The van der Waals surface area contributed by atoms with Crippen molar-refractivity contribution < 1.29 is 26.4 Å². The summed E-state index contributed by atoms with van der Waals surface area (Å²) in [5, 5.41) is 1.20. The minimum atomic E-state index is -5.38. The maximum atomic E-state index is 12.5. The molecule has 0 aromatic heterocycles. The number of hydrogen-bond donors (Lipinski definition) is 2. The number of hydrogen-bond acceptors (Lipinski definition) is 8. The summed E-state index contributed by atoms with van der Waals surface area (Å²) < 4.78 is 60.1. The van der Waals surface area contributed by atoms with Gasteiger partial charge < -0.3 is 11.5 Å². The average Bonchev–Trinajstić information content (AvgIpc) is 2.44. The first-order valence-electron chi connectivity index (χ1n) is 6.87. The summed E-state index contributed by atoms with van der Waals surface area (Å²) >= 11 is 0. The molecule has 0 radical (unpaired) electrons. The van der Waals surface area contributed by atoms with Crippen molar-refractivity contribution in [1.29, 1.82) is 0 Å². The molecular weight excluding hydrogens is 443 g/mol. The Morgan fingerprint density at radius 3 is 2.19 bits per heavy atom. The Morgan fingerprint density at radius 1 is 1.19 bits per heavy atom. The van der Waals surface area contributed by atoms with Gasteiger partial charge in [0.2, 0.25) is 11.9 Å². The van der Waals surface area contributed by atoms with Crippen LogP contribution in [0.1, 0.15) is 19.4 Å². The van der Waals surface area contributed by atoms with Crippen LogP contribution in [-0.2, 0) is 21.3 Å². The van der Waals surface area contributed by atoms with Crippen LogP contribution in [0.15, 0.2) is 39.1 Å². The zero-order chi connectivity index (χ0) is 19.0. The van der Waals surface area contributed by atoms with Crippen LogP contribution in [-0.4, -0.2) is 36.6 Å². The number of benzene rings is 1. The van der Waals surface area contributed by atoms with E-state index in [9.17, 15) is 21.6 Å². The first-order chi connectivity index (χ1) is 11.3. The van der Waals surface area contributed by atoms with Gasteiger partial charge in [-0.05, 0) is 31.5 Å². The van der Waals surface area contributed by atoms with Crippen LogP contribution in [0.5, 0.6) is 0 Å². The highest BCUT2D eigenvalue weighted by Crippen LogP contribution is 2.30. The Hall–Kier alpha value is -1.86. The number of sulfone groups is 1. The Morgan fingerprint density at radius 2 is 1.73 bits per heavy atom. The van der Waals surface area contributed by atoms with Crippen molar-refractivity contribution in [3.8, 4) is 0 Å². The van der Waals surface area contributed by atoms with Crippen molar-refractivity contribution in [2.75, 3.05) is 0 Å². The van der Waals surface area contributed by atoms with E-state index in [1.54, 1.807) is 13.8 Å². The van der Waals surface area contributed by atoms with E-state index in [1.165, 1.54) is 17.2 Å². The van der Waals surface area contributed by atoms with Gasteiger partial charge in [0.25, 0.3) is 9.84 Å². The summed E-state index contributed by atoms with van der Waals surface area (Å²) in [7, 11) is -5.38. The van der Waals surface area contributed by atoms with Crippen LogP contribution in [0.4, 0.5) is 13.2 Å². The summed E-state index contributed by atoms with van der Waals surface area (Å²) in [6, 6.07) is 4.13. The minimum Gasteiger partial charge on any atom is -0.368 e. The molecule has 0 unspecified atom stereocenters. The van der Waals surface area contributed by atoms with Crippen molar-refractivity contribution in [2.45, 2.75) is 36.5 Å². The minimum absolute atomic E-state index is 0. The molecule has 0 amide bonds. The normalized spacial score (nSPS) is 17.2. The number of rotatable bonds is 4. The molecule has 0 atom stereocenters. The lowest BCUT2D eigenvalue weighted by Gasteiger charge is -2.36. The average molecular weight is 460 g/mol. The monoisotopic (exact) mass is 459 g/mol. The summed E-state index contributed by atoms with van der Waals surface area (Å²) in [4.78, 5) is 12.5. The van der Waals surface area contributed by atoms with E-state index in [0.29, 0.717) is 5.56 Å². The number of aliphatic imine (C=N–C) groups is 2. The number of nitrogens with two attached hydrogens (primary N) is 2. The van der Waals surface area contributed by atoms with E-state index in [2.05, 4.69) is 9.98 Å². The van der Waals surface area contributed by atoms with Crippen LogP contribution >= 0.6 is 17.0 Å². The molecule has 1 aromatic rings. The van der Waals surface area contributed by atoms with Crippen LogP contribution in [0, 0.1) is 0 Å². The molecule has 4 N–H and O–H groups in total. The zero-order valence-corrected chi connectivity index (χ0v) is 16.2. The molecule has 1 aliphatic heterocycles. The Kier molecular flexibility index (Phi) is 6.32. The second-order valence-corrected chi connectivity index (χ2v) is 7.54. The Labute approximate surface area is 158 Å². The molecule has 0 bridgehead atoms. The summed E-state index contributed by atoms with van der Waals surface area (Å²) in [5.74, 6) is -0.0437. The van der Waals surface area contributed by atoms with E-state index >= 15 is 0 Å². The molecule has 2 rings (SSSR count). The van der Waals surface area contributed by atoms with Crippen molar-refractivity contribution in [3.63, 3.8) is 0 Å². The van der Waals surface area contributed by atoms with E-state index in [0.717, 1.165) is 12.1 Å². The highest BCUT2D eigenvalue weighted by atomic mass is 79.9. The summed E-state index contributed by atoms with van der Waals surface area (Å²) in [5.41, 5.74) is 5.37. The fourth-order valence-electron chi connectivity index (χ4n) is 2.06. The Balaban J connectivity index is 0.00000338. The van der Waals surface area contributed by atoms with Gasteiger partial charge in [0.05, 0.1) is 4.90 Å². The van der Waals surface area contributed by atoms with E-state index in [-0.39, 0.29) is 35.5 Å². The fourth-order valence-corrected chi connectivity index (χ4v) is 2.82. The second kappa shape index (κ2) is 7.40. The maximum absolute atomic E-state index is 12.5. The van der Waals surface area contributed by atoms with Gasteiger partial charge in [0.1, 0.15) is 6.61 Å². The lowest BCUT2D eigenvalue weighted by molar-refractivity contribution is -0.166. The lowest BCUT2D eigenvalue weighted by atomic mass is 10.2. The topological polar surface area (TPSA) is 123 Å². The number of hydroxylamine groups is 2. The van der Waals surface area contributed by atoms with Gasteiger partial charge in [-0.25, -0.2) is 13.4 Å². The molecule has 0 fully saturated rings. The standard InChI is InChI=1S/C13H16F3N5O3S.BrH/c1-12(2)20-10(17)19-11(18)21(12)24-7-8-3-5-9(6-4-8)25(22,23)13(14,15)16;/h3-6H,7H2,1-2H3,(H4,17,18,19,20);1H. The van der Waals surface area contributed by atoms with Gasteiger partial charge in [0, 0.05) is 0 Å². The largest absolute Gasteiger partial charge is 0.501 e. The fraction of sp³-hybridized carbons (Fsp3) is 0.385. The summed E-state index contributed by atoms with van der Waals surface area (Å²) in [6.45, 7) is 3.24. The van der Waals surface area contributed by atoms with Crippen LogP contribution in [0.25, 0.3) is 0 Å². The highest BCUT2D eigenvalue weighted by Gasteiger charge is 2.46. The third kappa shape index (κ3) is 4.45. The first kappa shape index (κ1) is 22.2. The number of halogens is 4. The maximum Gasteiger partial charge on any atom is 0.501 e. The molecule has 1 heterocycles. The first-order valence-corrected chi connectivity index (χ1v) is 8.36. The highest BCUT2D eigenvalue weighted by molar-refractivity contribution is 8.93. The number of alkyl halides is 3. The second-order valence-electron chi connectivity index (χ2n) is 5.60. The van der Waals surface area contributed by atoms with E-state index < -0.39 is 25.9 Å². The van der Waals surface area contributed by atoms with Crippen LogP contribution in [0.3, 0.4) is 0 Å². The number of guanidine groups is 2. The van der Waals surface area contributed by atoms with Crippen molar-refractivity contribution in [2.24, 2.45) is 21.5 Å². The van der Waals surface area contributed by atoms with Crippen molar-refractivity contribution in [1.82, 2.24) is 5.06 Å². The Bertz CT molecular complexity index is 822. The molecule has 0 saturated carbocycles. The predicted octanol–water partition coefficient (Wildman–Crippen LogP) is 1.67. The third-order valence-corrected chi connectivity index (χ3v) is 4.72. The zero-order valence-electron chi connectivity index (χ0n) is 13.7. The molecule has 1 aliphatic rings. The lowest BCUT2D eigenvalue weighted by Crippen LogP contribution is -2.53. The molecule has 0 aliphatic carbocycles. The van der Waals surface area contributed by atoms with Gasteiger partial charge in [-0.3, -0.25) is 4.84 Å². The smallest absolute Gasteiger partial charge is 0.368 e. The van der Waals surface area contributed by atoms with Gasteiger partial charge in [-0.1, -0.05) is 12.1 Å². The van der Waals surface area contributed by atoms with Gasteiger partial charge >= 0.3 is 5.51 Å². The quantitative estimate of drug-likeness (QED) is 0.705. The number of nitrogens with zero attached hydrogens (tertiary/aromatic N) is 3. The van der Waals surface area contributed by atoms with Gasteiger partial charge in [0.15, 0.2) is 5.66 Å². The van der Waals surface area contributed by atoms with Crippen molar-refractivity contribution in [3.05, 3.63) is 29.8 Å². The van der Waals surface area contributed by atoms with Crippen LogP contribution < -0.4 is 11.5 Å². The van der Waals surface area contributed by atoms with Crippen LogP contribution in [0.2, 0.25) is 0 Å². The molecular formula is C13H17BrF3N5O3S. The summed E-state index contributed by atoms with van der Waals surface area (Å²) in [6.07, 6.45) is 0. The molecule has 26 heavy (non-hydrogen) atoms. The van der Waals surface area contributed by atoms with Gasteiger partial charge in [-0.15, -0.1) is 17.0 Å². The molecule has 13 heteroatoms. The molecule has 0 saturated heterocycles. The SMILES string of the molecule is Br.CC1(C)N=C(N)N=C(N)N1OCc1ccc(S(=O)(=O)C(F)(F)F)cc1. The molecule has 0 spiro atoms. The molecule has 146 valence electrons. The van der Waals surface area contributed by atoms with E-state index in [4.69, 9.17) is 16.3 Å².